The Morgan fingerprint density at radius 1 is 1.10 bits per heavy atom. The van der Waals surface area contributed by atoms with Crippen LogP contribution in [0.25, 0.3) is 11.0 Å². The maximum Gasteiger partial charge on any atom is 0.253 e. The van der Waals surface area contributed by atoms with Gasteiger partial charge in [-0.3, -0.25) is 9.59 Å². The number of aromatic nitrogens is 2. The fourth-order valence-electron chi connectivity index (χ4n) is 4.24. The Morgan fingerprint density at radius 3 is 2.58 bits per heavy atom. The summed E-state index contributed by atoms with van der Waals surface area (Å²) in [4.78, 5) is 30.3. The van der Waals surface area contributed by atoms with Crippen molar-refractivity contribution in [2.45, 2.75) is 57.7 Å². The lowest BCUT2D eigenvalue weighted by Gasteiger charge is -2.23. The minimum absolute atomic E-state index is 0.0269. The molecule has 1 aromatic heterocycles. The molecule has 6 nitrogen and oxygen atoms in total. The van der Waals surface area contributed by atoms with Gasteiger partial charge in [0.05, 0.1) is 27.7 Å². The van der Waals surface area contributed by atoms with Gasteiger partial charge in [-0.2, -0.15) is 0 Å². The van der Waals surface area contributed by atoms with Crippen LogP contribution in [-0.4, -0.2) is 27.4 Å². The monoisotopic (exact) mass is 438 g/mol. The maximum absolute atomic E-state index is 12.8. The number of carbonyl (C=O) groups is 2. The Morgan fingerprint density at radius 2 is 1.81 bits per heavy atom. The molecule has 2 N–H and O–H groups in total. The molecule has 0 bridgehead atoms. The molecule has 4 rings (SSSR count). The molecule has 2 aromatic carbocycles. The molecule has 3 aromatic rings. The van der Waals surface area contributed by atoms with Gasteiger partial charge in [-0.25, -0.2) is 4.98 Å². The minimum atomic E-state index is -0.404. The number of halogens is 1. The summed E-state index contributed by atoms with van der Waals surface area (Å²) in [5, 5.41) is 6.54. The number of carbonyl (C=O) groups excluding carboxylic acids is 2. The van der Waals surface area contributed by atoms with Crippen LogP contribution in [0.3, 0.4) is 0 Å². The molecule has 1 aliphatic rings. The van der Waals surface area contributed by atoms with Gasteiger partial charge < -0.3 is 15.2 Å². The highest BCUT2D eigenvalue weighted by Gasteiger charge is 2.22. The van der Waals surface area contributed by atoms with E-state index in [0.29, 0.717) is 16.4 Å². The molecular weight excluding hydrogens is 412 g/mol. The lowest BCUT2D eigenvalue weighted by Crippen LogP contribution is -2.38. The Bertz CT molecular complexity index is 1090. The second-order valence-corrected chi connectivity index (χ2v) is 8.53. The van der Waals surface area contributed by atoms with Gasteiger partial charge in [0.15, 0.2) is 0 Å². The van der Waals surface area contributed by atoms with Gasteiger partial charge in [0, 0.05) is 6.04 Å². The topological polar surface area (TPSA) is 76.0 Å². The van der Waals surface area contributed by atoms with Gasteiger partial charge >= 0.3 is 0 Å². The van der Waals surface area contributed by atoms with Crippen LogP contribution in [0.5, 0.6) is 0 Å². The molecule has 0 spiro atoms. The first-order valence-electron chi connectivity index (χ1n) is 10.8. The van der Waals surface area contributed by atoms with Crippen LogP contribution in [0.15, 0.2) is 48.5 Å². The van der Waals surface area contributed by atoms with E-state index in [0.717, 1.165) is 36.7 Å². The number of hydrogen-bond donors (Lipinski definition) is 2. The third kappa shape index (κ3) is 4.90. The Balaban J connectivity index is 1.56. The largest absolute Gasteiger partial charge is 0.352 e. The number of hydrogen-bond acceptors (Lipinski definition) is 3. The third-order valence-corrected chi connectivity index (χ3v) is 6.14. The van der Waals surface area contributed by atoms with Crippen LogP contribution in [-0.2, 0) is 11.3 Å². The molecule has 7 heteroatoms. The summed E-state index contributed by atoms with van der Waals surface area (Å²) in [7, 11) is 0. The predicted molar refractivity (Wildman–Crippen MR) is 122 cm³/mol. The predicted octanol–water partition coefficient (Wildman–Crippen LogP) is 4.63. The molecular formula is C24H27ClN4O2. The SMILES string of the molecule is CC(NC(=O)c1ccccc1Cl)c1nc2ccccc2n1CC(=O)NC1CCCCC1. The van der Waals surface area contributed by atoms with E-state index in [9.17, 15) is 9.59 Å². The first kappa shape index (κ1) is 21.4. The number of nitrogens with zero attached hydrogens (tertiary/aromatic N) is 2. The molecule has 0 radical (unpaired) electrons. The number of nitrogens with one attached hydrogen (secondary N) is 2. The smallest absolute Gasteiger partial charge is 0.253 e. The van der Waals surface area contributed by atoms with Crippen LogP contribution in [0.1, 0.15) is 61.3 Å². The van der Waals surface area contributed by atoms with Crippen LogP contribution < -0.4 is 10.6 Å². The lowest BCUT2D eigenvalue weighted by atomic mass is 9.95. The van der Waals surface area contributed by atoms with Crippen molar-refractivity contribution >= 4 is 34.4 Å². The fourth-order valence-corrected chi connectivity index (χ4v) is 4.46. The van der Waals surface area contributed by atoms with Gasteiger partial charge in [-0.1, -0.05) is 55.1 Å². The summed E-state index contributed by atoms with van der Waals surface area (Å²) < 4.78 is 1.89. The summed E-state index contributed by atoms with van der Waals surface area (Å²) >= 11 is 6.17. The third-order valence-electron chi connectivity index (χ3n) is 5.81. The summed E-state index contributed by atoms with van der Waals surface area (Å²) in [5.74, 6) is 0.338. The molecule has 162 valence electrons. The molecule has 0 aliphatic heterocycles. The van der Waals surface area contributed by atoms with Crippen molar-refractivity contribution in [3.8, 4) is 0 Å². The highest BCUT2D eigenvalue weighted by molar-refractivity contribution is 6.33. The number of fused-ring (bicyclic) bond motifs is 1. The molecule has 2 amide bonds. The van der Waals surface area contributed by atoms with E-state index in [2.05, 4.69) is 10.6 Å². The van der Waals surface area contributed by atoms with Gasteiger partial charge in [0.2, 0.25) is 5.91 Å². The Hall–Kier alpha value is -2.86. The Labute approximate surface area is 187 Å². The van der Waals surface area contributed by atoms with E-state index < -0.39 is 6.04 Å². The molecule has 1 aliphatic carbocycles. The zero-order valence-electron chi connectivity index (χ0n) is 17.6. The molecule has 1 unspecified atom stereocenters. The van der Waals surface area contributed by atoms with Crippen molar-refractivity contribution in [3.63, 3.8) is 0 Å². The van der Waals surface area contributed by atoms with E-state index in [-0.39, 0.29) is 24.4 Å². The van der Waals surface area contributed by atoms with Gasteiger partial charge in [-0.15, -0.1) is 0 Å². The fraction of sp³-hybridized carbons (Fsp3) is 0.375. The van der Waals surface area contributed by atoms with E-state index >= 15 is 0 Å². The van der Waals surface area contributed by atoms with E-state index in [4.69, 9.17) is 16.6 Å². The second-order valence-electron chi connectivity index (χ2n) is 8.12. The summed E-state index contributed by atoms with van der Waals surface area (Å²) in [6.07, 6.45) is 5.64. The summed E-state index contributed by atoms with van der Waals surface area (Å²) in [6.45, 7) is 2.03. The zero-order chi connectivity index (χ0) is 21.8. The number of imidazole rings is 1. The lowest BCUT2D eigenvalue weighted by molar-refractivity contribution is -0.122. The normalized spacial score (nSPS) is 15.5. The van der Waals surface area contributed by atoms with Crippen LogP contribution in [0.2, 0.25) is 5.02 Å². The average Bonchev–Trinajstić information content (AvgIpc) is 3.13. The van der Waals surface area contributed by atoms with Crippen LogP contribution in [0.4, 0.5) is 0 Å². The molecule has 1 saturated carbocycles. The van der Waals surface area contributed by atoms with Crippen molar-refractivity contribution in [2.24, 2.45) is 0 Å². The quantitative estimate of drug-likeness (QED) is 0.589. The molecule has 1 atom stereocenters. The summed E-state index contributed by atoms with van der Waals surface area (Å²) in [5.41, 5.74) is 2.07. The zero-order valence-corrected chi connectivity index (χ0v) is 18.4. The van der Waals surface area contributed by atoms with Crippen molar-refractivity contribution in [1.29, 1.82) is 0 Å². The van der Waals surface area contributed by atoms with Crippen LogP contribution in [0, 0.1) is 0 Å². The maximum atomic E-state index is 12.8. The molecule has 0 saturated heterocycles. The van der Waals surface area contributed by atoms with Crippen molar-refractivity contribution < 1.29 is 9.59 Å². The van der Waals surface area contributed by atoms with Crippen LogP contribution >= 0.6 is 11.6 Å². The molecule has 1 heterocycles. The Kier molecular flexibility index (Phi) is 6.56. The van der Waals surface area contributed by atoms with E-state index in [1.54, 1.807) is 24.3 Å². The van der Waals surface area contributed by atoms with Crippen molar-refractivity contribution in [3.05, 3.63) is 64.9 Å². The first-order chi connectivity index (χ1) is 15.0. The molecule has 31 heavy (non-hydrogen) atoms. The van der Waals surface area contributed by atoms with Gasteiger partial charge in [0.1, 0.15) is 12.4 Å². The number of rotatable bonds is 6. The van der Waals surface area contributed by atoms with E-state index in [1.165, 1.54) is 6.42 Å². The highest BCUT2D eigenvalue weighted by atomic mass is 35.5. The van der Waals surface area contributed by atoms with Gasteiger partial charge in [0.25, 0.3) is 5.91 Å². The molecule has 1 fully saturated rings. The minimum Gasteiger partial charge on any atom is -0.352 e. The number of benzene rings is 2. The average molecular weight is 439 g/mol. The van der Waals surface area contributed by atoms with Crippen molar-refractivity contribution in [1.82, 2.24) is 20.2 Å². The summed E-state index contributed by atoms with van der Waals surface area (Å²) in [6, 6.07) is 14.5. The highest BCUT2D eigenvalue weighted by Crippen LogP contribution is 2.23. The van der Waals surface area contributed by atoms with Crippen molar-refractivity contribution in [2.75, 3.05) is 0 Å². The second kappa shape index (κ2) is 9.52. The first-order valence-corrected chi connectivity index (χ1v) is 11.2. The van der Waals surface area contributed by atoms with Gasteiger partial charge in [-0.05, 0) is 44.0 Å². The number of amides is 2. The number of para-hydroxylation sites is 2. The van der Waals surface area contributed by atoms with E-state index in [1.807, 2.05) is 35.8 Å². The standard InChI is InChI=1S/C24H27ClN4O2/c1-16(26-24(31)18-11-5-6-12-19(18)25)23-28-20-13-7-8-14-21(20)29(23)15-22(30)27-17-9-3-2-4-10-17/h5-8,11-14,16-17H,2-4,9-10,15H2,1H3,(H,26,31)(H,27,30).